The first kappa shape index (κ1) is 28.0. The van der Waals surface area contributed by atoms with Gasteiger partial charge >= 0.3 is 5.69 Å². The summed E-state index contributed by atoms with van der Waals surface area (Å²) in [5, 5.41) is 16.1. The Morgan fingerprint density at radius 1 is 1.27 bits per heavy atom. The molecule has 0 bridgehead atoms. The maximum absolute atomic E-state index is 12.0. The van der Waals surface area contributed by atoms with Crippen molar-refractivity contribution in [2.24, 2.45) is 11.7 Å². The van der Waals surface area contributed by atoms with Gasteiger partial charge in [-0.15, -0.1) is 13.1 Å². The molecule has 179 valence electrons. The number of likely N-dealkylation sites (tertiary alicyclic amines) is 1. The topological polar surface area (TPSA) is 123 Å². The molecule has 5 N–H and O–H groups in total. The van der Waals surface area contributed by atoms with Crippen LogP contribution in [-0.4, -0.2) is 65.0 Å². The Kier molecular flexibility index (Phi) is 12.7. The number of nitrogens with zero attached hydrogens (tertiary/aromatic N) is 4. The summed E-state index contributed by atoms with van der Waals surface area (Å²) in [5.41, 5.74) is 9.64. The van der Waals surface area contributed by atoms with E-state index in [4.69, 9.17) is 10.9 Å². The minimum absolute atomic E-state index is 0. The molecule has 2 aliphatic rings. The molecular weight excluding hydrogens is 495 g/mol. The molecule has 2 fully saturated rings. The predicted molar refractivity (Wildman–Crippen MR) is 127 cm³/mol. The summed E-state index contributed by atoms with van der Waals surface area (Å²) in [5.74, 6) is 0.712. The van der Waals surface area contributed by atoms with Crippen LogP contribution in [0.25, 0.3) is 11.0 Å². The van der Waals surface area contributed by atoms with Gasteiger partial charge in [-0.05, 0) is 68.6 Å². The van der Waals surface area contributed by atoms with Gasteiger partial charge in [-0.25, -0.2) is 4.79 Å². The predicted octanol–water partition coefficient (Wildman–Crippen LogP) is 1.94. The minimum Gasteiger partial charge on any atom is -0.660 e. The van der Waals surface area contributed by atoms with Gasteiger partial charge in [0.15, 0.2) is 5.82 Å². The van der Waals surface area contributed by atoms with E-state index in [1.54, 1.807) is 12.3 Å². The average Bonchev–Trinajstić information content (AvgIpc) is 2.85. The van der Waals surface area contributed by atoms with Gasteiger partial charge in [0.1, 0.15) is 0 Å². The van der Waals surface area contributed by atoms with E-state index in [1.165, 1.54) is 23.0 Å². The summed E-state index contributed by atoms with van der Waals surface area (Å²) in [6, 6.07) is 9.76. The molecule has 2 aromatic rings. The fourth-order valence-electron chi connectivity index (χ4n) is 4.15. The Balaban J connectivity index is 0.000000479. The first-order valence-corrected chi connectivity index (χ1v) is 11.5. The molecule has 0 aliphatic carbocycles. The van der Waals surface area contributed by atoms with Crippen molar-refractivity contribution < 1.29 is 37.9 Å². The molecule has 1 aromatic heterocycles. The van der Waals surface area contributed by atoms with E-state index in [0.717, 1.165) is 57.9 Å². The molecule has 1 aromatic carbocycles. The number of piperazine rings is 1. The zero-order valence-corrected chi connectivity index (χ0v) is 22.3. The number of hydrogen-bond acceptors (Lipinski definition) is 7. The van der Waals surface area contributed by atoms with Crippen molar-refractivity contribution in [3.63, 3.8) is 0 Å². The molecule has 3 heterocycles. The number of rotatable bonds is 6. The van der Waals surface area contributed by atoms with Crippen LogP contribution in [0.15, 0.2) is 41.3 Å². The van der Waals surface area contributed by atoms with Crippen molar-refractivity contribution in [3.8, 4) is 5.69 Å². The molecule has 2 aliphatic heterocycles. The van der Waals surface area contributed by atoms with E-state index in [2.05, 4.69) is 27.4 Å². The molecular formula is C23H36N7O2Y-. The number of anilines is 1. The summed E-state index contributed by atoms with van der Waals surface area (Å²) in [7, 11) is 0. The van der Waals surface area contributed by atoms with Crippen molar-refractivity contribution in [3.05, 3.63) is 57.9 Å². The number of nitrogens with one attached hydrogen (secondary N) is 2. The SMILES string of the molecule is C1CNCC[N-]1.CCC(N)C1CCCN(Cc2ccc(-n3ccc(NO)nc3=O)cc2)C1.[Y]. The number of piperidine rings is 1. The second-order valence-electron chi connectivity index (χ2n) is 8.37. The van der Waals surface area contributed by atoms with E-state index in [-0.39, 0.29) is 44.6 Å². The molecule has 9 nitrogen and oxygen atoms in total. The van der Waals surface area contributed by atoms with E-state index < -0.39 is 5.69 Å². The molecule has 10 heteroatoms. The summed E-state index contributed by atoms with van der Waals surface area (Å²) in [6.07, 6.45) is 5.03. The number of aromatic nitrogens is 2. The normalized spacial score (nSPS) is 19.5. The van der Waals surface area contributed by atoms with Crippen molar-refractivity contribution in [1.29, 1.82) is 0 Å². The van der Waals surface area contributed by atoms with Gasteiger partial charge in [-0.1, -0.05) is 19.1 Å². The summed E-state index contributed by atoms with van der Waals surface area (Å²) in [4.78, 5) is 18.2. The fraction of sp³-hybridized carbons (Fsp3) is 0.565. The minimum atomic E-state index is -0.441. The Labute approximate surface area is 221 Å². The number of nitrogens with two attached hydrogens (primary N) is 1. The van der Waals surface area contributed by atoms with Crippen molar-refractivity contribution in [2.45, 2.75) is 38.8 Å². The Morgan fingerprint density at radius 2 is 2.00 bits per heavy atom. The van der Waals surface area contributed by atoms with Gasteiger partial charge in [-0.3, -0.25) is 20.2 Å². The van der Waals surface area contributed by atoms with Crippen molar-refractivity contribution in [2.75, 3.05) is 44.7 Å². The maximum Gasteiger partial charge on any atom is 0.354 e. The second kappa shape index (κ2) is 14.9. The van der Waals surface area contributed by atoms with Gasteiger partial charge in [0.25, 0.3) is 0 Å². The first-order chi connectivity index (χ1) is 15.6. The zero-order chi connectivity index (χ0) is 22.8. The van der Waals surface area contributed by atoms with E-state index in [0.29, 0.717) is 5.92 Å². The standard InChI is InChI=1S/C19H27N5O2.C4H9N2.Y/c1-2-17(20)15-4-3-10-23(13-15)12-14-5-7-16(8-6-14)24-11-9-18(22-26)21-19(24)25;1-2-6-4-3-5-1;/h5-9,11,15,17,26H,2-4,10,12-13,20H2,1H3,(H,21,22,25);5H,1-4H2;/q;-1;. The molecule has 2 unspecified atom stereocenters. The largest absolute Gasteiger partial charge is 0.660 e. The monoisotopic (exact) mass is 531 g/mol. The maximum atomic E-state index is 12.0. The third-order valence-electron chi connectivity index (χ3n) is 6.05. The summed E-state index contributed by atoms with van der Waals surface area (Å²) >= 11 is 0. The van der Waals surface area contributed by atoms with Gasteiger partial charge in [0.2, 0.25) is 0 Å². The molecule has 33 heavy (non-hydrogen) atoms. The van der Waals surface area contributed by atoms with Gasteiger partial charge in [0.05, 0.1) is 5.69 Å². The van der Waals surface area contributed by atoms with Gasteiger partial charge in [-0.2, -0.15) is 4.98 Å². The van der Waals surface area contributed by atoms with Crippen LogP contribution in [0.5, 0.6) is 0 Å². The van der Waals surface area contributed by atoms with Crippen LogP contribution < -0.4 is 22.2 Å². The molecule has 4 rings (SSSR count). The first-order valence-electron chi connectivity index (χ1n) is 11.5. The van der Waals surface area contributed by atoms with Crippen molar-refractivity contribution in [1.82, 2.24) is 19.8 Å². The van der Waals surface area contributed by atoms with Crippen LogP contribution in [0.1, 0.15) is 31.7 Å². The van der Waals surface area contributed by atoms with E-state index in [9.17, 15) is 4.79 Å². The zero-order valence-electron chi connectivity index (χ0n) is 19.5. The molecule has 2 atom stereocenters. The molecule has 0 spiro atoms. The number of hydrogen-bond donors (Lipinski definition) is 4. The van der Waals surface area contributed by atoms with Gasteiger partial charge < -0.3 is 16.4 Å². The van der Waals surface area contributed by atoms with E-state index in [1.807, 2.05) is 29.7 Å². The van der Waals surface area contributed by atoms with Crippen LogP contribution in [-0.2, 0) is 39.3 Å². The third kappa shape index (κ3) is 8.83. The van der Waals surface area contributed by atoms with Crippen LogP contribution in [0.2, 0.25) is 0 Å². The number of benzene rings is 1. The average molecular weight is 531 g/mol. The Hall–Kier alpha value is -1.20. The van der Waals surface area contributed by atoms with Crippen LogP contribution in [0.3, 0.4) is 0 Å². The molecule has 1 radical (unpaired) electrons. The molecule has 2 saturated heterocycles. The molecule has 0 saturated carbocycles. The second-order valence-corrected chi connectivity index (χ2v) is 8.37. The summed E-state index contributed by atoms with van der Waals surface area (Å²) < 4.78 is 1.45. The third-order valence-corrected chi connectivity index (χ3v) is 6.05. The Bertz CT molecular complexity index is 862. The molecule has 0 amide bonds. The van der Waals surface area contributed by atoms with Crippen LogP contribution in [0, 0.1) is 5.92 Å². The van der Waals surface area contributed by atoms with Crippen LogP contribution in [0.4, 0.5) is 5.82 Å². The summed E-state index contributed by atoms with van der Waals surface area (Å²) in [6.45, 7) is 9.40. The Morgan fingerprint density at radius 3 is 2.55 bits per heavy atom. The fourth-order valence-corrected chi connectivity index (χ4v) is 4.15. The quantitative estimate of drug-likeness (QED) is 0.421. The van der Waals surface area contributed by atoms with Crippen molar-refractivity contribution >= 4 is 5.82 Å². The van der Waals surface area contributed by atoms with Gasteiger partial charge in [0, 0.05) is 58.0 Å². The van der Waals surface area contributed by atoms with Crippen LogP contribution >= 0.6 is 0 Å². The van der Waals surface area contributed by atoms with E-state index >= 15 is 0 Å². The smallest absolute Gasteiger partial charge is 0.354 e.